The van der Waals surface area contributed by atoms with E-state index >= 15 is 0 Å². The monoisotopic (exact) mass is 280 g/mol. The molecule has 0 spiro atoms. The van der Waals surface area contributed by atoms with Crippen LogP contribution >= 0.6 is 15.6 Å². The van der Waals surface area contributed by atoms with Crippen LogP contribution in [0.4, 0.5) is 5.69 Å². The second-order valence-electron chi connectivity index (χ2n) is 3.51. The fourth-order valence-corrected chi connectivity index (χ4v) is 2.79. The molecule has 6 N–H and O–H groups in total. The van der Waals surface area contributed by atoms with Crippen molar-refractivity contribution in [2.75, 3.05) is 5.73 Å². The molecule has 0 heterocycles. The molecule has 0 radical (unpaired) electrons. The third-order valence-electron chi connectivity index (χ3n) is 2.19. The first-order valence-electron chi connectivity index (χ1n) is 4.45. The molecule has 1 aromatic carbocycles. The molecule has 0 amide bonds. The summed E-state index contributed by atoms with van der Waals surface area (Å²) < 4.78 is 22.0. The number of nitrogen functional groups attached to an aromatic ring is 1. The second kappa shape index (κ2) is 4.82. The molecule has 7 nitrogen and oxygen atoms in total. The van der Waals surface area contributed by atoms with Crippen molar-refractivity contribution in [1.29, 1.82) is 0 Å². The van der Waals surface area contributed by atoms with E-state index in [1.165, 1.54) is 24.3 Å². The molecule has 0 aliphatic rings. The minimum absolute atomic E-state index is 0.294. The van der Waals surface area contributed by atoms with E-state index < -0.39 is 27.1 Å². The minimum Gasteiger partial charge on any atom is -0.399 e. The maximum absolute atomic E-state index is 11.0. The summed E-state index contributed by atoms with van der Waals surface area (Å²) in [5, 5.41) is 6.65. The third-order valence-corrected chi connectivity index (χ3v) is 5.35. The topological polar surface area (TPSA) is 141 Å². The van der Waals surface area contributed by atoms with Gasteiger partial charge in [0.1, 0.15) is 0 Å². The van der Waals surface area contributed by atoms with Crippen molar-refractivity contribution in [2.24, 2.45) is 0 Å². The average molecular weight is 280 g/mol. The first kappa shape index (κ1) is 14.3. The smallest absolute Gasteiger partial charge is 0.399 e. The highest BCUT2D eigenvalue weighted by molar-refractivity contribution is 7.66. The lowest BCUT2D eigenvalue weighted by Crippen LogP contribution is -2.27. The number of rotatable bonds is 4. The fraction of sp³-hybridized carbons (Fsp3) is 0.250. The SMILES string of the molecule is Nc1ccc(CC(O)([P+](=O)O)P(=O)(O)O)cc1. The van der Waals surface area contributed by atoms with Gasteiger partial charge in [0.05, 0.1) is 6.42 Å². The maximum atomic E-state index is 11.0. The van der Waals surface area contributed by atoms with Crippen LogP contribution in [0.2, 0.25) is 0 Å². The van der Waals surface area contributed by atoms with Crippen molar-refractivity contribution >= 4 is 21.3 Å². The molecule has 0 aromatic heterocycles. The van der Waals surface area contributed by atoms with E-state index in [1.54, 1.807) is 0 Å². The van der Waals surface area contributed by atoms with Gasteiger partial charge in [0, 0.05) is 5.69 Å². The van der Waals surface area contributed by atoms with Gasteiger partial charge in [-0.3, -0.25) is 4.57 Å². The maximum Gasteiger partial charge on any atom is 0.555 e. The second-order valence-corrected chi connectivity index (χ2v) is 6.98. The van der Waals surface area contributed by atoms with Crippen molar-refractivity contribution in [3.8, 4) is 0 Å². The Morgan fingerprint density at radius 2 is 1.76 bits per heavy atom. The van der Waals surface area contributed by atoms with E-state index in [9.17, 15) is 14.2 Å². The summed E-state index contributed by atoms with van der Waals surface area (Å²) in [6.45, 7) is 0. The van der Waals surface area contributed by atoms with Gasteiger partial charge in [-0.15, -0.1) is 0 Å². The van der Waals surface area contributed by atoms with Gasteiger partial charge in [-0.05, 0) is 22.3 Å². The van der Waals surface area contributed by atoms with E-state index in [-0.39, 0.29) is 0 Å². The highest BCUT2D eigenvalue weighted by Gasteiger charge is 2.62. The van der Waals surface area contributed by atoms with Crippen molar-refractivity contribution < 1.29 is 28.9 Å². The summed E-state index contributed by atoms with van der Waals surface area (Å²) in [7, 11) is -8.58. The average Bonchev–Trinajstić information content (AvgIpc) is 2.19. The van der Waals surface area contributed by atoms with Crippen molar-refractivity contribution in [1.82, 2.24) is 0 Å². The van der Waals surface area contributed by atoms with E-state index in [2.05, 4.69) is 0 Å². The standard InChI is InChI=1S/C8H11NO6P2/c9-7-3-1-6(2-4-7)5-8(10,16(11)12)17(13,14)15/h1-4,10H,5,9H2,(H2-,11,12,13,14,15)/p+1. The van der Waals surface area contributed by atoms with Crippen molar-refractivity contribution in [3.63, 3.8) is 0 Å². The molecule has 0 fully saturated rings. The lowest BCUT2D eigenvalue weighted by atomic mass is 10.1. The van der Waals surface area contributed by atoms with Gasteiger partial charge in [0.25, 0.3) is 0 Å². The molecule has 0 saturated carbocycles. The Kier molecular flexibility index (Phi) is 4.04. The quantitative estimate of drug-likeness (QED) is 0.396. The Labute approximate surface area is 97.9 Å². The highest BCUT2D eigenvalue weighted by atomic mass is 31.2. The molecule has 0 saturated heterocycles. The lowest BCUT2D eigenvalue weighted by Gasteiger charge is -2.16. The molecule has 0 bridgehead atoms. The highest BCUT2D eigenvalue weighted by Crippen LogP contribution is 2.61. The first-order chi connectivity index (χ1) is 7.67. The van der Waals surface area contributed by atoms with Crippen LogP contribution in [0.25, 0.3) is 0 Å². The van der Waals surface area contributed by atoms with Gasteiger partial charge in [-0.2, -0.15) is 4.89 Å². The summed E-state index contributed by atoms with van der Waals surface area (Å²) >= 11 is 0. The number of benzene rings is 1. The molecule has 17 heavy (non-hydrogen) atoms. The van der Waals surface area contributed by atoms with Gasteiger partial charge in [0.15, 0.2) is 0 Å². The number of hydrogen-bond acceptors (Lipinski definition) is 4. The molecule has 9 heteroatoms. The van der Waals surface area contributed by atoms with Crippen LogP contribution in [0.15, 0.2) is 24.3 Å². The molecular weight excluding hydrogens is 268 g/mol. The normalized spacial score (nSPS) is 16.4. The zero-order valence-corrected chi connectivity index (χ0v) is 10.4. The largest absolute Gasteiger partial charge is 0.555 e. The number of anilines is 1. The lowest BCUT2D eigenvalue weighted by molar-refractivity contribution is 0.154. The van der Waals surface area contributed by atoms with Gasteiger partial charge in [0.2, 0.25) is 0 Å². The molecule has 94 valence electrons. The van der Waals surface area contributed by atoms with Crippen molar-refractivity contribution in [3.05, 3.63) is 29.8 Å². The Morgan fingerprint density at radius 1 is 1.29 bits per heavy atom. The molecular formula is C8H12NO6P2+. The predicted molar refractivity (Wildman–Crippen MR) is 61.4 cm³/mol. The number of hydrogen-bond donors (Lipinski definition) is 5. The Balaban J connectivity index is 3.08. The van der Waals surface area contributed by atoms with Gasteiger partial charge >= 0.3 is 20.7 Å². The summed E-state index contributed by atoms with van der Waals surface area (Å²) in [5.41, 5.74) is 6.14. The number of nitrogens with two attached hydrogens (primary N) is 1. The summed E-state index contributed by atoms with van der Waals surface area (Å²) in [5.74, 6) is 0. The van der Waals surface area contributed by atoms with Crippen LogP contribution in [-0.4, -0.2) is 24.9 Å². The first-order valence-corrected chi connectivity index (χ1v) is 7.28. The molecule has 2 atom stereocenters. The van der Waals surface area contributed by atoms with Crippen LogP contribution in [0, 0.1) is 0 Å². The molecule has 1 aromatic rings. The van der Waals surface area contributed by atoms with E-state index in [1.807, 2.05) is 0 Å². The zero-order valence-electron chi connectivity index (χ0n) is 8.59. The van der Waals surface area contributed by atoms with Gasteiger partial charge in [-0.1, -0.05) is 12.1 Å². The van der Waals surface area contributed by atoms with E-state index in [0.717, 1.165) is 0 Å². The molecule has 1 rings (SSSR count). The van der Waals surface area contributed by atoms with E-state index in [4.69, 9.17) is 20.4 Å². The fourth-order valence-electron chi connectivity index (χ4n) is 1.19. The number of aliphatic hydroxyl groups is 1. The predicted octanol–water partition coefficient (Wildman–Crippen LogP) is 0.370. The van der Waals surface area contributed by atoms with Crippen LogP contribution < -0.4 is 5.73 Å². The Bertz CT molecular complexity index is 469. The zero-order chi connectivity index (χ0) is 13.3. The van der Waals surface area contributed by atoms with Crippen LogP contribution in [0.3, 0.4) is 0 Å². The van der Waals surface area contributed by atoms with Gasteiger partial charge < -0.3 is 20.6 Å². The van der Waals surface area contributed by atoms with Crippen LogP contribution in [0.1, 0.15) is 5.56 Å². The third kappa shape index (κ3) is 3.10. The Morgan fingerprint density at radius 3 is 2.12 bits per heavy atom. The van der Waals surface area contributed by atoms with Crippen LogP contribution in [0.5, 0.6) is 0 Å². The molecule has 0 aliphatic heterocycles. The molecule has 2 unspecified atom stereocenters. The Hall–Kier alpha value is -0.810. The summed E-state index contributed by atoms with van der Waals surface area (Å²) in [6.07, 6.45) is -0.636. The molecule has 0 aliphatic carbocycles. The van der Waals surface area contributed by atoms with Crippen LogP contribution in [-0.2, 0) is 15.6 Å². The van der Waals surface area contributed by atoms with Gasteiger partial charge in [-0.25, -0.2) is 0 Å². The van der Waals surface area contributed by atoms with E-state index in [0.29, 0.717) is 11.3 Å². The summed E-state index contributed by atoms with van der Waals surface area (Å²) in [6, 6.07) is 5.74. The summed E-state index contributed by atoms with van der Waals surface area (Å²) in [4.78, 5) is 26.7. The minimum atomic E-state index is -5.13. The van der Waals surface area contributed by atoms with Crippen molar-refractivity contribution in [2.45, 2.75) is 11.5 Å².